The van der Waals surface area contributed by atoms with Crippen LogP contribution in [0.2, 0.25) is 0 Å². The van der Waals surface area contributed by atoms with Gasteiger partial charge < -0.3 is 14.2 Å². The second-order valence-corrected chi connectivity index (χ2v) is 7.76. The monoisotopic (exact) mass is 433 g/mol. The lowest BCUT2D eigenvalue weighted by atomic mass is 9.91. The zero-order valence-electron chi connectivity index (χ0n) is 17.2. The highest BCUT2D eigenvalue weighted by molar-refractivity contribution is 5.82. The number of fused-ring (bicyclic) bond motifs is 1. The third-order valence-corrected chi connectivity index (χ3v) is 5.56. The predicted octanol–water partition coefficient (Wildman–Crippen LogP) is 4.51. The molecule has 0 aliphatic carbocycles. The van der Waals surface area contributed by atoms with Gasteiger partial charge >= 0.3 is 6.18 Å². The molecule has 1 aromatic carbocycles. The van der Waals surface area contributed by atoms with E-state index in [0.717, 1.165) is 11.6 Å². The quantitative estimate of drug-likeness (QED) is 0.606. The molecule has 0 unspecified atom stereocenters. The van der Waals surface area contributed by atoms with Crippen LogP contribution in [0.5, 0.6) is 5.75 Å². The SMILES string of the molecule is COc1cccc(CC(=O)N2CCC[C@@H](c3noc4nc(C)cc(C(F)(F)F)c34)C2)c1. The van der Waals surface area contributed by atoms with Gasteiger partial charge in [-0.05, 0) is 43.5 Å². The van der Waals surface area contributed by atoms with Crippen molar-refractivity contribution < 1.29 is 27.2 Å². The summed E-state index contributed by atoms with van der Waals surface area (Å²) in [5.41, 5.74) is 0.320. The van der Waals surface area contributed by atoms with Crippen LogP contribution >= 0.6 is 0 Å². The van der Waals surface area contributed by atoms with E-state index in [2.05, 4.69) is 10.1 Å². The predicted molar refractivity (Wildman–Crippen MR) is 107 cm³/mol. The number of likely N-dealkylation sites (tertiary alicyclic amines) is 1. The minimum absolute atomic E-state index is 0.0873. The number of pyridine rings is 1. The number of amides is 1. The Morgan fingerprint density at radius 1 is 1.32 bits per heavy atom. The Morgan fingerprint density at radius 3 is 2.87 bits per heavy atom. The first kappa shape index (κ1) is 21.1. The van der Waals surface area contributed by atoms with Crippen LogP contribution in [-0.2, 0) is 17.4 Å². The standard InChI is InChI=1S/C22H22F3N3O3/c1-13-9-17(22(23,24)25)19-20(27-31-21(19)26-13)15-6-4-8-28(12-15)18(29)11-14-5-3-7-16(10-14)30-2/h3,5,7,9-10,15H,4,6,8,11-12H2,1-2H3/t15-/m1/s1. The summed E-state index contributed by atoms with van der Waals surface area (Å²) < 4.78 is 51.3. The number of hydrogen-bond acceptors (Lipinski definition) is 5. The number of piperidine rings is 1. The van der Waals surface area contributed by atoms with Crippen molar-refractivity contribution in [1.29, 1.82) is 0 Å². The fraction of sp³-hybridized carbons (Fsp3) is 0.409. The van der Waals surface area contributed by atoms with Gasteiger partial charge in [-0.15, -0.1) is 0 Å². The lowest BCUT2D eigenvalue weighted by molar-refractivity contribution is -0.136. The van der Waals surface area contributed by atoms with Crippen molar-refractivity contribution in [2.24, 2.45) is 0 Å². The molecular formula is C22H22F3N3O3. The minimum Gasteiger partial charge on any atom is -0.497 e. The molecule has 1 aliphatic heterocycles. The molecule has 164 valence electrons. The Kier molecular flexibility index (Phi) is 5.60. The highest BCUT2D eigenvalue weighted by atomic mass is 19.4. The maximum absolute atomic E-state index is 13.7. The van der Waals surface area contributed by atoms with Crippen LogP contribution in [0.15, 0.2) is 34.9 Å². The van der Waals surface area contributed by atoms with E-state index in [1.54, 1.807) is 24.1 Å². The molecule has 31 heavy (non-hydrogen) atoms. The molecule has 3 heterocycles. The number of alkyl halides is 3. The molecule has 1 atom stereocenters. The molecule has 2 aromatic heterocycles. The van der Waals surface area contributed by atoms with Crippen LogP contribution in [0.1, 0.15) is 41.3 Å². The average Bonchev–Trinajstić information content (AvgIpc) is 3.16. The van der Waals surface area contributed by atoms with Crippen molar-refractivity contribution in [3.8, 4) is 5.75 Å². The van der Waals surface area contributed by atoms with Gasteiger partial charge in [-0.2, -0.15) is 13.2 Å². The summed E-state index contributed by atoms with van der Waals surface area (Å²) >= 11 is 0. The molecule has 4 rings (SSSR count). The van der Waals surface area contributed by atoms with Gasteiger partial charge in [0.25, 0.3) is 5.71 Å². The van der Waals surface area contributed by atoms with Gasteiger partial charge in [0, 0.05) is 24.7 Å². The molecular weight excluding hydrogens is 411 g/mol. The average molecular weight is 433 g/mol. The Labute approximate surface area is 177 Å². The number of aromatic nitrogens is 2. The maximum atomic E-state index is 13.7. The zero-order chi connectivity index (χ0) is 22.2. The lowest BCUT2D eigenvalue weighted by Gasteiger charge is -2.32. The molecule has 0 bridgehead atoms. The minimum atomic E-state index is -4.55. The first-order chi connectivity index (χ1) is 14.8. The molecule has 0 N–H and O–H groups in total. The number of ether oxygens (including phenoxy) is 1. The summed E-state index contributed by atoms with van der Waals surface area (Å²) in [6.07, 6.45) is -3.07. The molecule has 9 heteroatoms. The van der Waals surface area contributed by atoms with Crippen LogP contribution in [0.25, 0.3) is 11.1 Å². The topological polar surface area (TPSA) is 68.5 Å². The number of rotatable bonds is 4. The maximum Gasteiger partial charge on any atom is 0.417 e. The number of hydrogen-bond donors (Lipinski definition) is 0. The molecule has 1 amide bonds. The Balaban J connectivity index is 1.59. The summed E-state index contributed by atoms with van der Waals surface area (Å²) in [7, 11) is 1.56. The van der Waals surface area contributed by atoms with Crippen molar-refractivity contribution >= 4 is 17.0 Å². The second-order valence-electron chi connectivity index (χ2n) is 7.76. The van der Waals surface area contributed by atoms with E-state index >= 15 is 0 Å². The van der Waals surface area contributed by atoms with Crippen LogP contribution in [0.3, 0.4) is 0 Å². The first-order valence-corrected chi connectivity index (χ1v) is 10.0. The third kappa shape index (κ3) is 4.35. The fourth-order valence-electron chi connectivity index (χ4n) is 4.09. The van der Waals surface area contributed by atoms with Crippen molar-refractivity contribution in [3.63, 3.8) is 0 Å². The van der Waals surface area contributed by atoms with Crippen molar-refractivity contribution in [3.05, 3.63) is 52.8 Å². The smallest absolute Gasteiger partial charge is 0.417 e. The number of nitrogens with zero attached hydrogens (tertiary/aromatic N) is 3. The van der Waals surface area contributed by atoms with E-state index in [-0.39, 0.29) is 47.3 Å². The summed E-state index contributed by atoms with van der Waals surface area (Å²) in [6, 6.07) is 8.27. The number of halogens is 3. The van der Waals surface area contributed by atoms with Gasteiger partial charge in [0.05, 0.1) is 30.2 Å². The fourth-order valence-corrected chi connectivity index (χ4v) is 4.09. The van der Waals surface area contributed by atoms with E-state index in [0.29, 0.717) is 25.1 Å². The van der Waals surface area contributed by atoms with Crippen molar-refractivity contribution in [2.75, 3.05) is 20.2 Å². The molecule has 0 saturated carbocycles. The van der Waals surface area contributed by atoms with Gasteiger partial charge in [0.2, 0.25) is 5.91 Å². The van der Waals surface area contributed by atoms with Gasteiger partial charge in [-0.3, -0.25) is 4.79 Å². The lowest BCUT2D eigenvalue weighted by Crippen LogP contribution is -2.40. The van der Waals surface area contributed by atoms with E-state index in [9.17, 15) is 18.0 Å². The molecule has 0 radical (unpaired) electrons. The number of carbonyl (C=O) groups is 1. The van der Waals surface area contributed by atoms with Crippen LogP contribution in [0, 0.1) is 6.92 Å². The highest BCUT2D eigenvalue weighted by Gasteiger charge is 2.38. The van der Waals surface area contributed by atoms with Crippen LogP contribution in [0.4, 0.5) is 13.2 Å². The van der Waals surface area contributed by atoms with Gasteiger partial charge in [0.1, 0.15) is 5.75 Å². The normalized spacial score (nSPS) is 17.2. The van der Waals surface area contributed by atoms with E-state index in [4.69, 9.17) is 9.26 Å². The summed E-state index contributed by atoms with van der Waals surface area (Å²) in [5.74, 6) is 0.226. The largest absolute Gasteiger partial charge is 0.497 e. The van der Waals surface area contributed by atoms with Crippen LogP contribution < -0.4 is 4.74 Å². The Hall–Kier alpha value is -3.10. The second kappa shape index (κ2) is 8.20. The van der Waals surface area contributed by atoms with Gasteiger partial charge in [0.15, 0.2) is 0 Å². The Bertz CT molecular complexity index is 1110. The Morgan fingerprint density at radius 2 is 2.13 bits per heavy atom. The number of methoxy groups -OCH3 is 1. The van der Waals surface area contributed by atoms with Gasteiger partial charge in [-0.25, -0.2) is 4.98 Å². The molecule has 6 nitrogen and oxygen atoms in total. The van der Waals surface area contributed by atoms with E-state index in [1.165, 1.54) is 6.92 Å². The van der Waals surface area contributed by atoms with Gasteiger partial charge in [-0.1, -0.05) is 17.3 Å². The number of benzene rings is 1. The molecule has 1 fully saturated rings. The van der Waals surface area contributed by atoms with Crippen molar-refractivity contribution in [2.45, 2.75) is 38.3 Å². The van der Waals surface area contributed by atoms with E-state index < -0.39 is 11.7 Å². The zero-order valence-corrected chi connectivity index (χ0v) is 17.2. The number of aryl methyl sites for hydroxylation is 1. The highest BCUT2D eigenvalue weighted by Crippen LogP contribution is 2.40. The summed E-state index contributed by atoms with van der Waals surface area (Å²) in [4.78, 5) is 18.6. The third-order valence-electron chi connectivity index (χ3n) is 5.56. The first-order valence-electron chi connectivity index (χ1n) is 10.0. The molecule has 1 saturated heterocycles. The van der Waals surface area contributed by atoms with E-state index in [1.807, 2.05) is 12.1 Å². The summed E-state index contributed by atoms with van der Waals surface area (Å²) in [6.45, 7) is 2.32. The molecule has 1 aliphatic rings. The van der Waals surface area contributed by atoms with Crippen molar-refractivity contribution in [1.82, 2.24) is 15.0 Å². The molecule has 0 spiro atoms. The van der Waals surface area contributed by atoms with Crippen LogP contribution in [-0.4, -0.2) is 41.1 Å². The number of carbonyl (C=O) groups excluding carboxylic acids is 1. The molecule has 3 aromatic rings. The summed E-state index contributed by atoms with van der Waals surface area (Å²) in [5, 5.41) is 3.84.